The first kappa shape index (κ1) is 42.5. The molecule has 0 spiro atoms. The Morgan fingerprint density at radius 1 is 0.488 bits per heavy atom. The molecule has 0 N–H and O–H groups in total. The molecule has 43 heavy (non-hydrogen) atoms. The minimum Gasteiger partial charge on any atom is -0.463 e. The van der Waals surface area contributed by atoms with Crippen LogP contribution >= 0.6 is 0 Å². The zero-order valence-corrected chi connectivity index (χ0v) is 35.6. The normalized spacial score (nSPS) is 14.1. The van der Waals surface area contributed by atoms with E-state index in [0.717, 1.165) is 12.8 Å². The Morgan fingerprint density at radius 2 is 0.767 bits per heavy atom. The molecule has 0 aromatic heterocycles. The van der Waals surface area contributed by atoms with Crippen molar-refractivity contribution in [2.24, 2.45) is 0 Å². The Bertz CT molecular complexity index is 796. The van der Waals surface area contributed by atoms with Gasteiger partial charge in [0, 0.05) is 24.2 Å². The van der Waals surface area contributed by atoms with Crippen LogP contribution in [0.25, 0.3) is 0 Å². The largest absolute Gasteiger partial charge is 0.472 e. The van der Waals surface area contributed by atoms with E-state index in [2.05, 4.69) is 78.6 Å². The van der Waals surface area contributed by atoms with E-state index in [1.165, 1.54) is 12.2 Å². The second-order valence-electron chi connectivity index (χ2n) is 14.5. The predicted octanol–water partition coefficient (Wildman–Crippen LogP) is 8.09. The van der Waals surface area contributed by atoms with Gasteiger partial charge in [0.05, 0.1) is 13.2 Å². The summed E-state index contributed by atoms with van der Waals surface area (Å²) >= 11 is 0. The zero-order valence-electron chi connectivity index (χ0n) is 29.6. The van der Waals surface area contributed by atoms with Gasteiger partial charge in [0.15, 0.2) is 33.3 Å². The summed E-state index contributed by atoms with van der Waals surface area (Å²) in [5.41, 5.74) is 0. The molecule has 0 atom stereocenters. The van der Waals surface area contributed by atoms with Crippen molar-refractivity contribution in [2.75, 3.05) is 13.2 Å². The van der Waals surface area contributed by atoms with Crippen molar-refractivity contribution < 1.29 is 39.6 Å². The molecule has 0 aromatic rings. The summed E-state index contributed by atoms with van der Waals surface area (Å²) < 4.78 is 46.1. The Morgan fingerprint density at radius 3 is 1.00 bits per heavy atom. The Kier molecular flexibility index (Phi) is 18.4. The molecule has 0 fully saturated rings. The lowest BCUT2D eigenvalue weighted by atomic mass is 10.4. The highest BCUT2D eigenvalue weighted by Gasteiger charge is 2.58. The van der Waals surface area contributed by atoms with Gasteiger partial charge in [0.2, 0.25) is 0 Å². The molecule has 0 heterocycles. The van der Waals surface area contributed by atoms with Crippen LogP contribution in [0.5, 0.6) is 0 Å². The van der Waals surface area contributed by atoms with Gasteiger partial charge in [-0.2, -0.15) is 0 Å². The second kappa shape index (κ2) is 18.6. The van der Waals surface area contributed by atoms with E-state index in [9.17, 15) is 9.59 Å². The van der Waals surface area contributed by atoms with Crippen LogP contribution in [-0.2, 0) is 39.6 Å². The van der Waals surface area contributed by atoms with Gasteiger partial charge in [0.1, 0.15) is 0 Å². The number of ether oxygens (including phenoxy) is 2. The highest BCUT2D eigenvalue weighted by Crippen LogP contribution is 2.35. The van der Waals surface area contributed by atoms with E-state index in [0.29, 0.717) is 24.9 Å². The van der Waals surface area contributed by atoms with E-state index in [1.807, 2.05) is 13.8 Å². The highest BCUT2D eigenvalue weighted by molar-refractivity contribution is 6.92. The summed E-state index contributed by atoms with van der Waals surface area (Å²) in [5.74, 6) is -0.716. The Labute approximate surface area is 269 Å². The molecule has 0 aliphatic carbocycles. The molecule has 0 bridgehead atoms. The standard InChI is InChI=1S/C28H62O9Si6/c1-15-17-21-27(29)31-23-19-25-42(33-38(3,4)5,34-39(6,7)8)37-43(35-40(9,10)11,36-41(12,13)14)26-20-24-32-28(30)22-18-16-2/h17-18,21-22H,15-16,19-20,23-26H2,1-14H3. The Hall–Kier alpha value is -0.479. The predicted molar refractivity (Wildman–Crippen MR) is 190 cm³/mol. The van der Waals surface area contributed by atoms with Gasteiger partial charge in [-0.1, -0.05) is 26.0 Å². The number of hydrogen-bond donors (Lipinski definition) is 0. The Balaban J connectivity index is 6.63. The topological polar surface area (TPSA) is 98.8 Å². The number of rotatable bonds is 22. The summed E-state index contributed by atoms with van der Waals surface area (Å²) in [6.07, 6.45) is 9.08. The van der Waals surface area contributed by atoms with Gasteiger partial charge in [-0.3, -0.25) is 0 Å². The number of carbonyl (C=O) groups excluding carboxylic acids is 2. The number of carbonyl (C=O) groups is 2. The first-order chi connectivity index (χ1) is 19.4. The smallest absolute Gasteiger partial charge is 0.463 e. The van der Waals surface area contributed by atoms with Crippen LogP contribution in [0.1, 0.15) is 39.5 Å². The minimum absolute atomic E-state index is 0.231. The van der Waals surface area contributed by atoms with Crippen LogP contribution in [0.15, 0.2) is 24.3 Å². The molecular formula is C28H62O9Si6. The van der Waals surface area contributed by atoms with Crippen molar-refractivity contribution in [2.45, 2.75) is 130 Å². The number of allylic oxidation sites excluding steroid dienone is 2. The van der Waals surface area contributed by atoms with Gasteiger partial charge in [0.25, 0.3) is 0 Å². The molecule has 0 saturated carbocycles. The summed E-state index contributed by atoms with van der Waals surface area (Å²) in [6, 6.07) is 0.948. The average molecular weight is 711 g/mol. The maximum atomic E-state index is 12.1. The second-order valence-corrected chi connectivity index (χ2v) is 39.2. The van der Waals surface area contributed by atoms with E-state index >= 15 is 0 Å². The molecule has 0 radical (unpaired) electrons. The lowest BCUT2D eigenvalue weighted by molar-refractivity contribution is -0.138. The van der Waals surface area contributed by atoms with Crippen molar-refractivity contribution in [3.8, 4) is 0 Å². The molecule has 9 nitrogen and oxygen atoms in total. The van der Waals surface area contributed by atoms with Crippen molar-refractivity contribution in [3.05, 3.63) is 24.3 Å². The first-order valence-electron chi connectivity index (χ1n) is 15.6. The number of esters is 2. The average Bonchev–Trinajstić information content (AvgIpc) is 2.77. The molecule has 0 aliphatic heterocycles. The first-order valence-corrected chi connectivity index (χ1v) is 33.1. The van der Waals surface area contributed by atoms with Gasteiger partial charge < -0.3 is 30.0 Å². The van der Waals surface area contributed by atoms with Crippen LogP contribution in [-0.4, -0.2) is 76.0 Å². The van der Waals surface area contributed by atoms with Gasteiger partial charge in [-0.25, -0.2) is 9.59 Å². The van der Waals surface area contributed by atoms with E-state index in [4.69, 9.17) is 30.0 Å². The SMILES string of the molecule is CCC=CC(=O)OCCC[Si](O[Si](C)(C)C)(O[Si](C)(C)C)O[Si](CCCOC(=O)C=CCC)(O[Si](C)(C)C)O[Si](C)(C)C. The van der Waals surface area contributed by atoms with E-state index in [1.54, 1.807) is 12.2 Å². The summed E-state index contributed by atoms with van der Waals surface area (Å²) in [5, 5.41) is 0. The molecule has 0 amide bonds. The van der Waals surface area contributed by atoms with Crippen LogP contribution in [0.3, 0.4) is 0 Å². The fraction of sp³-hybridized carbons (Fsp3) is 0.786. The number of hydrogen-bond acceptors (Lipinski definition) is 9. The third-order valence-electron chi connectivity index (χ3n) is 4.88. The molecule has 0 rings (SSSR count). The van der Waals surface area contributed by atoms with Crippen LogP contribution in [0.2, 0.25) is 90.7 Å². The van der Waals surface area contributed by atoms with Crippen molar-refractivity contribution in [1.29, 1.82) is 0 Å². The molecule has 0 unspecified atom stereocenters. The van der Waals surface area contributed by atoms with Crippen LogP contribution in [0.4, 0.5) is 0 Å². The molecule has 0 aromatic carbocycles. The third-order valence-corrected chi connectivity index (χ3v) is 24.1. The fourth-order valence-corrected chi connectivity index (χ4v) is 27.7. The lowest BCUT2D eigenvalue weighted by Crippen LogP contribution is -2.67. The van der Waals surface area contributed by atoms with Crippen molar-refractivity contribution >= 4 is 62.8 Å². The molecule has 15 heteroatoms. The van der Waals surface area contributed by atoms with Gasteiger partial charge >= 0.3 is 29.5 Å². The molecular weight excluding hydrogens is 649 g/mol. The summed E-state index contributed by atoms with van der Waals surface area (Å²) in [4.78, 5) is 24.3. The molecule has 0 saturated heterocycles. The van der Waals surface area contributed by atoms with Gasteiger partial charge in [-0.05, 0) is 104 Å². The fourth-order valence-electron chi connectivity index (χ4n) is 3.98. The maximum Gasteiger partial charge on any atom is 0.472 e. The quantitative estimate of drug-likeness (QED) is 0.0478. The van der Waals surface area contributed by atoms with E-state index < -0.39 is 50.9 Å². The maximum absolute atomic E-state index is 12.1. The summed E-state index contributed by atoms with van der Waals surface area (Å²) in [7, 11) is -15.7. The molecule has 252 valence electrons. The van der Waals surface area contributed by atoms with Gasteiger partial charge in [-0.15, -0.1) is 0 Å². The molecule has 0 aliphatic rings. The minimum atomic E-state index is -3.45. The van der Waals surface area contributed by atoms with Crippen molar-refractivity contribution in [3.63, 3.8) is 0 Å². The lowest BCUT2D eigenvalue weighted by Gasteiger charge is -2.47. The zero-order chi connectivity index (χ0) is 33.6. The van der Waals surface area contributed by atoms with E-state index in [-0.39, 0.29) is 25.2 Å². The van der Waals surface area contributed by atoms with Crippen LogP contribution < -0.4 is 0 Å². The van der Waals surface area contributed by atoms with Crippen LogP contribution in [0, 0.1) is 0 Å². The third kappa shape index (κ3) is 22.6. The van der Waals surface area contributed by atoms with Crippen molar-refractivity contribution in [1.82, 2.24) is 0 Å². The monoisotopic (exact) mass is 710 g/mol. The highest BCUT2D eigenvalue weighted by atomic mass is 28.5. The summed E-state index contributed by atoms with van der Waals surface area (Å²) in [6.45, 7) is 30.0.